The summed E-state index contributed by atoms with van der Waals surface area (Å²) in [5.74, 6) is 0. The van der Waals surface area contributed by atoms with Gasteiger partial charge in [0.25, 0.3) is 0 Å². The first-order chi connectivity index (χ1) is 10.0. The Bertz CT molecular complexity index is 439. The summed E-state index contributed by atoms with van der Waals surface area (Å²) in [4.78, 5) is 2.52. The highest BCUT2D eigenvalue weighted by Gasteiger charge is 2.41. The van der Waals surface area contributed by atoms with Crippen molar-refractivity contribution in [2.45, 2.75) is 38.8 Å². The fraction of sp³-hybridized carbons (Fsp3) is 0.800. The first kappa shape index (κ1) is 16.7. The van der Waals surface area contributed by atoms with Gasteiger partial charge in [-0.3, -0.25) is 9.58 Å². The minimum atomic E-state index is -0.0166. The fourth-order valence-electron chi connectivity index (χ4n) is 3.24. The van der Waals surface area contributed by atoms with Gasteiger partial charge in [-0.25, -0.2) is 0 Å². The predicted octanol–water partition coefficient (Wildman–Crippen LogP) is 2.22. The van der Waals surface area contributed by atoms with Crippen LogP contribution in [0.4, 0.5) is 0 Å². The van der Waals surface area contributed by atoms with E-state index in [9.17, 15) is 0 Å². The first-order valence-electron chi connectivity index (χ1n) is 7.78. The summed E-state index contributed by atoms with van der Waals surface area (Å²) < 4.78 is 7.40. The molecule has 1 saturated heterocycles. The number of nitrogens with zero attached hydrogens (tertiary/aromatic N) is 3. The van der Waals surface area contributed by atoms with Crippen LogP contribution in [-0.2, 0) is 11.8 Å². The fourth-order valence-corrected chi connectivity index (χ4v) is 3.52. The molecule has 0 spiro atoms. The van der Waals surface area contributed by atoms with Crippen molar-refractivity contribution in [1.29, 1.82) is 0 Å². The van der Waals surface area contributed by atoms with Gasteiger partial charge in [0, 0.05) is 25.7 Å². The summed E-state index contributed by atoms with van der Waals surface area (Å²) in [6, 6.07) is 0.144. The molecule has 0 aromatic carbocycles. The standard InChI is InChI=1S/C15H27ClN4O/c1-5-15(3,20-7-9-21-10-8-20)14(17-6-2)13-12(16)11-18-19(13)4/h11,14,17H,5-10H2,1-4H3. The molecule has 1 aromatic rings. The smallest absolute Gasteiger partial charge is 0.0834 e. The lowest BCUT2D eigenvalue weighted by atomic mass is 9.84. The third kappa shape index (κ3) is 3.26. The molecule has 1 aliphatic heterocycles. The predicted molar refractivity (Wildman–Crippen MR) is 85.7 cm³/mol. The molecule has 0 saturated carbocycles. The van der Waals surface area contributed by atoms with E-state index in [4.69, 9.17) is 16.3 Å². The Morgan fingerprint density at radius 1 is 1.43 bits per heavy atom. The van der Waals surface area contributed by atoms with Crippen LogP contribution in [0.3, 0.4) is 0 Å². The Morgan fingerprint density at radius 2 is 2.10 bits per heavy atom. The molecule has 2 heterocycles. The summed E-state index contributed by atoms with van der Waals surface area (Å²) >= 11 is 6.41. The van der Waals surface area contributed by atoms with E-state index in [1.807, 2.05) is 11.7 Å². The number of ether oxygens (including phenoxy) is 1. The largest absolute Gasteiger partial charge is 0.379 e. The summed E-state index contributed by atoms with van der Waals surface area (Å²) in [6.45, 7) is 11.1. The van der Waals surface area contributed by atoms with Gasteiger partial charge in [-0.1, -0.05) is 25.4 Å². The van der Waals surface area contributed by atoms with Crippen LogP contribution in [0.15, 0.2) is 6.20 Å². The van der Waals surface area contributed by atoms with Gasteiger partial charge in [-0.2, -0.15) is 5.10 Å². The van der Waals surface area contributed by atoms with Gasteiger partial charge in [-0.15, -0.1) is 0 Å². The second kappa shape index (κ2) is 7.09. The van der Waals surface area contributed by atoms with Gasteiger partial charge in [0.1, 0.15) is 0 Å². The van der Waals surface area contributed by atoms with Crippen molar-refractivity contribution < 1.29 is 4.74 Å². The number of likely N-dealkylation sites (N-methyl/N-ethyl adjacent to an activating group) is 1. The molecule has 6 heteroatoms. The topological polar surface area (TPSA) is 42.3 Å². The lowest BCUT2D eigenvalue weighted by Gasteiger charge is -2.48. The maximum absolute atomic E-state index is 6.41. The van der Waals surface area contributed by atoms with E-state index in [-0.39, 0.29) is 11.6 Å². The van der Waals surface area contributed by atoms with Gasteiger partial charge in [0.15, 0.2) is 0 Å². The highest BCUT2D eigenvalue weighted by Crippen LogP contribution is 2.37. The molecule has 0 aliphatic carbocycles. The van der Waals surface area contributed by atoms with Crippen molar-refractivity contribution >= 4 is 11.6 Å². The van der Waals surface area contributed by atoms with Crippen molar-refractivity contribution in [3.8, 4) is 0 Å². The van der Waals surface area contributed by atoms with Crippen LogP contribution in [-0.4, -0.2) is 53.1 Å². The molecule has 1 fully saturated rings. The third-order valence-electron chi connectivity index (χ3n) is 4.69. The van der Waals surface area contributed by atoms with E-state index in [0.717, 1.165) is 50.0 Å². The van der Waals surface area contributed by atoms with E-state index in [2.05, 4.69) is 36.1 Å². The van der Waals surface area contributed by atoms with E-state index < -0.39 is 0 Å². The lowest BCUT2D eigenvalue weighted by molar-refractivity contribution is -0.0337. The zero-order chi connectivity index (χ0) is 15.5. The van der Waals surface area contributed by atoms with E-state index in [1.165, 1.54) is 0 Å². The van der Waals surface area contributed by atoms with Crippen LogP contribution in [0.1, 0.15) is 38.9 Å². The average Bonchev–Trinajstić information content (AvgIpc) is 2.84. The molecule has 2 rings (SSSR count). The Labute approximate surface area is 132 Å². The Kier molecular flexibility index (Phi) is 5.66. The van der Waals surface area contributed by atoms with Crippen molar-refractivity contribution in [1.82, 2.24) is 20.0 Å². The number of halogens is 1. The molecular formula is C15H27ClN4O. The molecule has 2 unspecified atom stereocenters. The Hall–Kier alpha value is -0.620. The molecule has 1 N–H and O–H groups in total. The van der Waals surface area contributed by atoms with Crippen LogP contribution >= 0.6 is 11.6 Å². The average molecular weight is 315 g/mol. The van der Waals surface area contributed by atoms with E-state index in [1.54, 1.807) is 6.20 Å². The maximum atomic E-state index is 6.41. The van der Waals surface area contributed by atoms with Gasteiger partial charge in [0.05, 0.1) is 36.2 Å². The summed E-state index contributed by atoms with van der Waals surface area (Å²) in [5, 5.41) is 8.67. The molecule has 120 valence electrons. The number of rotatable bonds is 6. The minimum absolute atomic E-state index is 0.0166. The number of hydrogen-bond acceptors (Lipinski definition) is 4. The number of aryl methyl sites for hydroxylation is 1. The quantitative estimate of drug-likeness (QED) is 0.874. The van der Waals surface area contributed by atoms with Crippen molar-refractivity contribution in [2.75, 3.05) is 32.8 Å². The van der Waals surface area contributed by atoms with Crippen LogP contribution in [0, 0.1) is 0 Å². The van der Waals surface area contributed by atoms with Gasteiger partial charge < -0.3 is 10.1 Å². The monoisotopic (exact) mass is 314 g/mol. The molecule has 1 aromatic heterocycles. The van der Waals surface area contributed by atoms with Gasteiger partial charge >= 0.3 is 0 Å². The van der Waals surface area contributed by atoms with Crippen LogP contribution in [0.25, 0.3) is 0 Å². The molecular weight excluding hydrogens is 288 g/mol. The van der Waals surface area contributed by atoms with Gasteiger partial charge in [-0.05, 0) is 19.9 Å². The van der Waals surface area contributed by atoms with E-state index >= 15 is 0 Å². The normalized spacial score (nSPS) is 21.2. The van der Waals surface area contributed by atoms with Crippen molar-refractivity contribution in [3.05, 3.63) is 16.9 Å². The molecule has 1 aliphatic rings. The van der Waals surface area contributed by atoms with Crippen LogP contribution in [0.2, 0.25) is 5.02 Å². The Balaban J connectivity index is 2.38. The van der Waals surface area contributed by atoms with E-state index in [0.29, 0.717) is 0 Å². The Morgan fingerprint density at radius 3 is 2.57 bits per heavy atom. The SMILES string of the molecule is CCNC(c1c(Cl)cnn1C)C(C)(CC)N1CCOCC1. The molecule has 21 heavy (non-hydrogen) atoms. The summed E-state index contributed by atoms with van der Waals surface area (Å²) in [5.41, 5.74) is 1.05. The maximum Gasteiger partial charge on any atom is 0.0834 e. The number of nitrogens with one attached hydrogen (secondary N) is 1. The molecule has 2 atom stereocenters. The highest BCUT2D eigenvalue weighted by atomic mass is 35.5. The van der Waals surface area contributed by atoms with Crippen molar-refractivity contribution in [3.63, 3.8) is 0 Å². The van der Waals surface area contributed by atoms with Crippen molar-refractivity contribution in [2.24, 2.45) is 7.05 Å². The number of hydrogen-bond donors (Lipinski definition) is 1. The summed E-state index contributed by atoms with van der Waals surface area (Å²) in [7, 11) is 1.96. The lowest BCUT2D eigenvalue weighted by Crippen LogP contribution is -2.58. The zero-order valence-electron chi connectivity index (χ0n) is 13.5. The molecule has 0 radical (unpaired) electrons. The molecule has 0 amide bonds. The second-order valence-corrected chi connectivity index (χ2v) is 6.21. The van der Waals surface area contributed by atoms with Crippen LogP contribution < -0.4 is 5.32 Å². The number of aromatic nitrogens is 2. The minimum Gasteiger partial charge on any atom is -0.379 e. The molecule has 0 bridgehead atoms. The first-order valence-corrected chi connectivity index (χ1v) is 8.16. The highest BCUT2D eigenvalue weighted by molar-refractivity contribution is 6.31. The van der Waals surface area contributed by atoms with Gasteiger partial charge in [0.2, 0.25) is 0 Å². The zero-order valence-corrected chi connectivity index (χ0v) is 14.3. The summed E-state index contributed by atoms with van der Waals surface area (Å²) in [6.07, 6.45) is 2.77. The van der Waals surface area contributed by atoms with Crippen LogP contribution in [0.5, 0.6) is 0 Å². The molecule has 5 nitrogen and oxygen atoms in total. The number of morpholine rings is 1. The third-order valence-corrected chi connectivity index (χ3v) is 4.98. The second-order valence-electron chi connectivity index (χ2n) is 5.80.